The van der Waals surface area contributed by atoms with E-state index in [4.69, 9.17) is 5.73 Å². The maximum atomic E-state index is 6.18. The Morgan fingerprint density at radius 2 is 1.72 bits per heavy atom. The van der Waals surface area contributed by atoms with Gasteiger partial charge in [0.25, 0.3) is 0 Å². The van der Waals surface area contributed by atoms with Gasteiger partial charge >= 0.3 is 0 Å². The quantitative estimate of drug-likeness (QED) is 0.816. The number of rotatable bonds is 2. The van der Waals surface area contributed by atoms with E-state index in [2.05, 4.69) is 37.6 Å². The summed E-state index contributed by atoms with van der Waals surface area (Å²) in [6.45, 7) is 11.6. The lowest BCUT2D eigenvalue weighted by Crippen LogP contribution is -2.62. The first-order valence-corrected chi connectivity index (χ1v) is 7.54. The maximum absolute atomic E-state index is 6.18. The van der Waals surface area contributed by atoms with Gasteiger partial charge in [-0.3, -0.25) is 4.90 Å². The van der Waals surface area contributed by atoms with E-state index >= 15 is 0 Å². The van der Waals surface area contributed by atoms with Crippen LogP contribution in [0.25, 0.3) is 0 Å². The van der Waals surface area contributed by atoms with Crippen molar-refractivity contribution < 1.29 is 0 Å². The number of hydrogen-bond acceptors (Lipinski definition) is 3. The van der Waals surface area contributed by atoms with Crippen LogP contribution < -0.4 is 5.73 Å². The molecule has 0 spiro atoms. The third-order valence-electron chi connectivity index (χ3n) is 5.53. The summed E-state index contributed by atoms with van der Waals surface area (Å²) in [5.74, 6) is 0. The number of nitrogens with two attached hydrogens (primary N) is 1. The van der Waals surface area contributed by atoms with Crippen molar-refractivity contribution >= 4 is 0 Å². The van der Waals surface area contributed by atoms with E-state index in [1.165, 1.54) is 45.3 Å². The zero-order valence-electron chi connectivity index (χ0n) is 12.7. The predicted octanol–water partition coefficient (Wildman–Crippen LogP) is 1.92. The lowest BCUT2D eigenvalue weighted by Gasteiger charge is -2.53. The van der Waals surface area contributed by atoms with E-state index < -0.39 is 0 Å². The highest BCUT2D eigenvalue weighted by Gasteiger charge is 2.42. The van der Waals surface area contributed by atoms with Crippen LogP contribution in [0.3, 0.4) is 0 Å². The summed E-state index contributed by atoms with van der Waals surface area (Å²) in [5, 5.41) is 0. The molecule has 0 aromatic rings. The molecule has 2 fully saturated rings. The van der Waals surface area contributed by atoms with Gasteiger partial charge in [0.1, 0.15) is 0 Å². The predicted molar refractivity (Wildman–Crippen MR) is 77.7 cm³/mol. The Hall–Kier alpha value is -0.120. The third-order valence-corrected chi connectivity index (χ3v) is 5.53. The zero-order valence-corrected chi connectivity index (χ0v) is 12.7. The van der Waals surface area contributed by atoms with Gasteiger partial charge in [-0.15, -0.1) is 0 Å². The Balaban J connectivity index is 2.05. The molecule has 2 N–H and O–H groups in total. The fourth-order valence-electron chi connectivity index (χ4n) is 3.60. The van der Waals surface area contributed by atoms with E-state index in [9.17, 15) is 0 Å². The first-order valence-electron chi connectivity index (χ1n) is 7.54. The Labute approximate surface area is 113 Å². The van der Waals surface area contributed by atoms with Gasteiger partial charge < -0.3 is 10.6 Å². The minimum Gasteiger partial charge on any atom is -0.329 e. The molecular formula is C15H31N3. The van der Waals surface area contributed by atoms with Crippen molar-refractivity contribution in [1.29, 1.82) is 0 Å². The summed E-state index contributed by atoms with van der Waals surface area (Å²) in [6, 6.07) is 0.664. The molecule has 2 aliphatic rings. The van der Waals surface area contributed by atoms with Crippen molar-refractivity contribution in [1.82, 2.24) is 9.80 Å². The van der Waals surface area contributed by atoms with Gasteiger partial charge in [0, 0.05) is 18.1 Å². The molecule has 2 unspecified atom stereocenters. The number of nitrogens with zero attached hydrogens (tertiary/aromatic N) is 2. The summed E-state index contributed by atoms with van der Waals surface area (Å²) in [4.78, 5) is 5.18. The molecule has 2 rings (SSSR count). The summed E-state index contributed by atoms with van der Waals surface area (Å²) in [7, 11) is 2.24. The molecule has 0 amide bonds. The van der Waals surface area contributed by atoms with E-state index in [0.29, 0.717) is 11.5 Å². The van der Waals surface area contributed by atoms with Crippen LogP contribution >= 0.6 is 0 Å². The average molecular weight is 253 g/mol. The van der Waals surface area contributed by atoms with Gasteiger partial charge in [0.15, 0.2) is 0 Å². The van der Waals surface area contributed by atoms with Gasteiger partial charge in [-0.05, 0) is 64.7 Å². The Morgan fingerprint density at radius 1 is 1.11 bits per heavy atom. The first-order chi connectivity index (χ1) is 8.38. The highest BCUT2D eigenvalue weighted by molar-refractivity contribution is 5.00. The molecule has 0 bridgehead atoms. The summed E-state index contributed by atoms with van der Waals surface area (Å²) in [5.41, 5.74) is 7.00. The topological polar surface area (TPSA) is 32.5 Å². The second kappa shape index (κ2) is 5.10. The van der Waals surface area contributed by atoms with Crippen molar-refractivity contribution in [2.75, 3.05) is 33.2 Å². The number of likely N-dealkylation sites (tertiary alicyclic amines) is 2. The lowest BCUT2D eigenvalue weighted by atomic mass is 9.77. The van der Waals surface area contributed by atoms with E-state index in [1.54, 1.807) is 0 Å². The molecule has 0 saturated carbocycles. The van der Waals surface area contributed by atoms with Crippen molar-refractivity contribution in [2.24, 2.45) is 11.1 Å². The molecule has 106 valence electrons. The van der Waals surface area contributed by atoms with Gasteiger partial charge in [0.2, 0.25) is 0 Å². The Bertz CT molecular complexity index is 279. The van der Waals surface area contributed by atoms with Gasteiger partial charge in [-0.25, -0.2) is 0 Å². The number of piperidine rings is 2. The van der Waals surface area contributed by atoms with Crippen molar-refractivity contribution in [3.63, 3.8) is 0 Å². The van der Waals surface area contributed by atoms with Crippen molar-refractivity contribution in [2.45, 2.75) is 58.0 Å². The van der Waals surface area contributed by atoms with Crippen molar-refractivity contribution in [3.05, 3.63) is 0 Å². The second-order valence-electron chi connectivity index (χ2n) is 7.36. The molecule has 2 aliphatic heterocycles. The van der Waals surface area contributed by atoms with Crippen LogP contribution in [-0.2, 0) is 0 Å². The third kappa shape index (κ3) is 2.73. The molecule has 18 heavy (non-hydrogen) atoms. The van der Waals surface area contributed by atoms with Gasteiger partial charge in [0.05, 0.1) is 0 Å². The molecule has 2 heterocycles. The lowest BCUT2D eigenvalue weighted by molar-refractivity contribution is -0.0205. The SMILES string of the molecule is CC1CC(CN)(N2CCC(C)(C)CC2)CCN1C. The van der Waals surface area contributed by atoms with E-state index in [-0.39, 0.29) is 5.54 Å². The highest BCUT2D eigenvalue weighted by atomic mass is 15.3. The van der Waals surface area contributed by atoms with E-state index in [0.717, 1.165) is 6.54 Å². The number of hydrogen-bond donors (Lipinski definition) is 1. The summed E-state index contributed by atoms with van der Waals surface area (Å²) >= 11 is 0. The van der Waals surface area contributed by atoms with Crippen LogP contribution in [-0.4, -0.2) is 54.6 Å². The summed E-state index contributed by atoms with van der Waals surface area (Å²) < 4.78 is 0. The molecule has 3 nitrogen and oxygen atoms in total. The zero-order chi connectivity index (χ0) is 13.4. The van der Waals surface area contributed by atoms with Crippen LogP contribution in [0.2, 0.25) is 0 Å². The molecule has 0 aromatic heterocycles. The smallest absolute Gasteiger partial charge is 0.0358 e. The Kier molecular flexibility index (Phi) is 4.05. The van der Waals surface area contributed by atoms with E-state index in [1.807, 2.05) is 0 Å². The highest BCUT2D eigenvalue weighted by Crippen LogP contribution is 2.37. The molecule has 3 heteroatoms. The van der Waals surface area contributed by atoms with Crippen molar-refractivity contribution in [3.8, 4) is 0 Å². The van der Waals surface area contributed by atoms with Crippen LogP contribution in [0.4, 0.5) is 0 Å². The fraction of sp³-hybridized carbons (Fsp3) is 1.00. The second-order valence-corrected chi connectivity index (χ2v) is 7.36. The standard InChI is InChI=1S/C15H31N3/c1-13-11-15(12-16,7-8-17(13)4)18-9-5-14(2,3)6-10-18/h13H,5-12,16H2,1-4H3. The monoisotopic (exact) mass is 253 g/mol. The molecule has 0 aliphatic carbocycles. The first kappa shape index (κ1) is 14.3. The normalized spacial score (nSPS) is 38.8. The van der Waals surface area contributed by atoms with Crippen LogP contribution in [0, 0.1) is 5.41 Å². The minimum atomic E-state index is 0.280. The van der Waals surface area contributed by atoms with Gasteiger partial charge in [-0.1, -0.05) is 13.8 Å². The molecule has 0 radical (unpaired) electrons. The molecular weight excluding hydrogens is 222 g/mol. The van der Waals surface area contributed by atoms with Crippen LogP contribution in [0.15, 0.2) is 0 Å². The Morgan fingerprint density at radius 3 is 2.22 bits per heavy atom. The van der Waals surface area contributed by atoms with Gasteiger partial charge in [-0.2, -0.15) is 0 Å². The minimum absolute atomic E-state index is 0.280. The molecule has 2 atom stereocenters. The average Bonchev–Trinajstić information content (AvgIpc) is 2.33. The molecule has 2 saturated heterocycles. The maximum Gasteiger partial charge on any atom is 0.0358 e. The largest absolute Gasteiger partial charge is 0.329 e. The van der Waals surface area contributed by atoms with Crippen LogP contribution in [0.1, 0.15) is 46.5 Å². The fourth-order valence-corrected chi connectivity index (χ4v) is 3.60. The van der Waals surface area contributed by atoms with Crippen LogP contribution in [0.5, 0.6) is 0 Å². The molecule has 0 aromatic carbocycles. The summed E-state index contributed by atoms with van der Waals surface area (Å²) in [6.07, 6.45) is 5.11.